The Bertz CT molecular complexity index is 1580. The van der Waals surface area contributed by atoms with E-state index in [4.69, 9.17) is 4.55 Å². The summed E-state index contributed by atoms with van der Waals surface area (Å²) >= 11 is 0. The summed E-state index contributed by atoms with van der Waals surface area (Å²) in [6.07, 6.45) is 10.3. The van der Waals surface area contributed by atoms with Crippen LogP contribution in [0.5, 0.6) is 5.88 Å². The van der Waals surface area contributed by atoms with Crippen LogP contribution in [0.15, 0.2) is 73.7 Å². The van der Waals surface area contributed by atoms with Crippen molar-refractivity contribution in [3.8, 4) is 5.88 Å². The second-order valence-electron chi connectivity index (χ2n) is 8.91. The van der Waals surface area contributed by atoms with E-state index in [9.17, 15) is 27.9 Å². The van der Waals surface area contributed by atoms with Gasteiger partial charge in [-0.2, -0.15) is 18.5 Å². The van der Waals surface area contributed by atoms with Gasteiger partial charge in [0.15, 0.2) is 0 Å². The van der Waals surface area contributed by atoms with Crippen LogP contribution >= 0.6 is 0 Å². The van der Waals surface area contributed by atoms with Crippen molar-refractivity contribution in [2.24, 2.45) is 5.10 Å². The molecule has 0 atom stereocenters. The zero-order valence-corrected chi connectivity index (χ0v) is 25.8. The Labute approximate surface area is 254 Å². The van der Waals surface area contributed by atoms with Crippen LogP contribution in [0.2, 0.25) is 0 Å². The van der Waals surface area contributed by atoms with Crippen molar-refractivity contribution in [3.63, 3.8) is 0 Å². The number of hydrogen-bond acceptors (Lipinski definition) is 7. The van der Waals surface area contributed by atoms with Crippen molar-refractivity contribution in [1.29, 1.82) is 0 Å². The Morgan fingerprint density at radius 2 is 1.55 bits per heavy atom. The SMILES string of the molecule is CCCCn1c([O-])c(/C=C/C=C/C=C2/C(=O)N(c3ccc(S(=O)(=O)O)cc3)N=C2C)c(=O)n(CCCC)c1=O.[Na+]. The first kappa shape index (κ1) is 33.2. The molecular weight excluding hydrogens is 547 g/mol. The average molecular weight is 579 g/mol. The number of aromatic nitrogens is 2. The minimum Gasteiger partial charge on any atom is -0.859 e. The molecule has 13 heteroatoms. The number of unbranched alkanes of at least 4 members (excludes halogenated alkanes) is 2. The van der Waals surface area contributed by atoms with Crippen LogP contribution in [0.1, 0.15) is 52.0 Å². The smallest absolute Gasteiger partial charge is 0.859 e. The maximum atomic E-state index is 12.9. The summed E-state index contributed by atoms with van der Waals surface area (Å²) in [6, 6.07) is 5.04. The van der Waals surface area contributed by atoms with Gasteiger partial charge >= 0.3 is 35.2 Å². The summed E-state index contributed by atoms with van der Waals surface area (Å²) in [6.45, 7) is 6.01. The van der Waals surface area contributed by atoms with Crippen molar-refractivity contribution in [3.05, 3.63) is 80.5 Å². The largest absolute Gasteiger partial charge is 1.00 e. The van der Waals surface area contributed by atoms with Gasteiger partial charge in [-0.3, -0.25) is 18.7 Å². The van der Waals surface area contributed by atoms with Crippen LogP contribution in [0, 0.1) is 0 Å². The second kappa shape index (κ2) is 14.6. The second-order valence-corrected chi connectivity index (χ2v) is 10.3. The van der Waals surface area contributed by atoms with E-state index >= 15 is 0 Å². The number of nitrogens with zero attached hydrogens (tertiary/aromatic N) is 4. The Morgan fingerprint density at radius 3 is 2.12 bits per heavy atom. The number of amides is 1. The molecule has 1 aliphatic heterocycles. The Balaban J connectivity index is 0.00000560. The molecule has 40 heavy (non-hydrogen) atoms. The van der Waals surface area contributed by atoms with E-state index in [0.717, 1.165) is 27.0 Å². The zero-order valence-electron chi connectivity index (χ0n) is 23.0. The van der Waals surface area contributed by atoms with Gasteiger partial charge in [0, 0.05) is 18.7 Å². The minimum absolute atomic E-state index is 0. The molecule has 0 fully saturated rings. The molecule has 0 bridgehead atoms. The van der Waals surface area contributed by atoms with Gasteiger partial charge < -0.3 is 9.67 Å². The molecule has 0 radical (unpaired) electrons. The fourth-order valence-corrected chi connectivity index (χ4v) is 4.36. The van der Waals surface area contributed by atoms with Crippen LogP contribution in [0.4, 0.5) is 5.69 Å². The molecule has 1 aromatic heterocycles. The predicted octanol–water partition coefficient (Wildman–Crippen LogP) is -0.147. The molecule has 0 saturated heterocycles. The summed E-state index contributed by atoms with van der Waals surface area (Å²) in [5, 5.41) is 18.2. The Morgan fingerprint density at radius 1 is 0.950 bits per heavy atom. The topological polar surface area (TPSA) is 154 Å². The van der Waals surface area contributed by atoms with Crippen molar-refractivity contribution in [1.82, 2.24) is 9.13 Å². The standard InChI is InChI=1S/C27H32N4O7S.Na/c1-4-6-17-29-24(32)23(25(33)30(27(29)35)18-7-5-2)12-10-8-9-11-22-19(3)28-31(26(22)34)20-13-15-21(16-14-20)39(36,37)38;/h8-16,32H,4-7,17-18H2,1-3H3,(H,36,37,38);/q;+1/p-1/b9-8+,12-10+,22-11+;. The van der Waals surface area contributed by atoms with Crippen LogP contribution in [0.25, 0.3) is 6.08 Å². The molecule has 0 unspecified atom stereocenters. The maximum absolute atomic E-state index is 12.9. The molecule has 3 rings (SSSR count). The molecule has 1 amide bonds. The third-order valence-corrected chi connectivity index (χ3v) is 6.94. The van der Waals surface area contributed by atoms with E-state index in [1.807, 2.05) is 13.8 Å². The van der Waals surface area contributed by atoms with Gasteiger partial charge in [0.25, 0.3) is 21.6 Å². The number of rotatable bonds is 11. The van der Waals surface area contributed by atoms with Crippen LogP contribution in [-0.2, 0) is 28.0 Å². The fourth-order valence-electron chi connectivity index (χ4n) is 3.88. The Hall–Kier alpha value is -3.03. The monoisotopic (exact) mass is 578 g/mol. The van der Waals surface area contributed by atoms with Crippen LogP contribution in [0.3, 0.4) is 0 Å². The summed E-state index contributed by atoms with van der Waals surface area (Å²) in [4.78, 5) is 38.2. The van der Waals surface area contributed by atoms with Gasteiger partial charge in [0.05, 0.1) is 21.9 Å². The summed E-state index contributed by atoms with van der Waals surface area (Å²) in [5.74, 6) is -1.07. The first-order chi connectivity index (χ1) is 18.5. The minimum atomic E-state index is -4.36. The van der Waals surface area contributed by atoms with E-state index in [-0.39, 0.29) is 58.7 Å². The molecule has 208 valence electrons. The normalized spacial score (nSPS) is 14.9. The quantitative estimate of drug-likeness (QED) is 0.168. The summed E-state index contributed by atoms with van der Waals surface area (Å²) in [7, 11) is -4.36. The van der Waals surface area contributed by atoms with E-state index in [1.54, 1.807) is 19.1 Å². The molecule has 0 aliphatic carbocycles. The van der Waals surface area contributed by atoms with Gasteiger partial charge in [0.2, 0.25) is 0 Å². The number of carbonyl (C=O) groups is 1. The fraction of sp³-hybridized carbons (Fsp3) is 0.333. The average Bonchev–Trinajstić information content (AvgIpc) is 3.18. The molecule has 1 aliphatic rings. The van der Waals surface area contributed by atoms with Gasteiger partial charge in [0.1, 0.15) is 0 Å². The summed E-state index contributed by atoms with van der Waals surface area (Å²) < 4.78 is 33.8. The molecule has 2 heterocycles. The molecular formula is C27H31N4NaO7S. The number of benzene rings is 1. The third-order valence-electron chi connectivity index (χ3n) is 6.07. The number of hydrazone groups is 1. The van der Waals surface area contributed by atoms with Crippen LogP contribution < -0.4 is 50.9 Å². The number of carbonyl (C=O) groups excluding carboxylic acids is 1. The third kappa shape index (κ3) is 7.58. The van der Waals surface area contributed by atoms with E-state index in [1.165, 1.54) is 42.5 Å². The number of anilines is 1. The van der Waals surface area contributed by atoms with E-state index in [2.05, 4.69) is 5.10 Å². The molecule has 11 nitrogen and oxygen atoms in total. The molecule has 1 aromatic carbocycles. The predicted molar refractivity (Wildman–Crippen MR) is 147 cm³/mol. The first-order valence-corrected chi connectivity index (χ1v) is 14.0. The van der Waals surface area contributed by atoms with E-state index < -0.39 is 33.2 Å². The van der Waals surface area contributed by atoms with Crippen LogP contribution in [-0.4, -0.2) is 33.7 Å². The Kier molecular flexibility index (Phi) is 12.1. The zero-order chi connectivity index (χ0) is 28.7. The number of hydrogen-bond donors (Lipinski definition) is 1. The van der Waals surface area contributed by atoms with Gasteiger partial charge in [-0.05, 0) is 62.1 Å². The maximum Gasteiger partial charge on any atom is 1.00 e. The van der Waals surface area contributed by atoms with Crippen molar-refractivity contribution in [2.75, 3.05) is 5.01 Å². The van der Waals surface area contributed by atoms with Gasteiger partial charge in [-0.25, -0.2) is 4.79 Å². The molecule has 2 aromatic rings. The van der Waals surface area contributed by atoms with Crippen molar-refractivity contribution < 1.29 is 52.4 Å². The first-order valence-electron chi connectivity index (χ1n) is 12.6. The van der Waals surface area contributed by atoms with Gasteiger partial charge in [-0.15, -0.1) is 0 Å². The number of allylic oxidation sites excluding steroid dienone is 4. The van der Waals surface area contributed by atoms with Gasteiger partial charge in [-0.1, -0.05) is 44.9 Å². The van der Waals surface area contributed by atoms with Crippen molar-refractivity contribution in [2.45, 2.75) is 64.4 Å². The van der Waals surface area contributed by atoms with E-state index in [0.29, 0.717) is 24.2 Å². The summed E-state index contributed by atoms with van der Waals surface area (Å²) in [5.41, 5.74) is -0.281. The molecule has 0 spiro atoms. The molecule has 1 N–H and O–H groups in total. The molecule has 0 saturated carbocycles. The van der Waals surface area contributed by atoms with Crippen molar-refractivity contribution >= 4 is 33.5 Å².